The van der Waals surface area contributed by atoms with Gasteiger partial charge in [0.2, 0.25) is 15.9 Å². The van der Waals surface area contributed by atoms with Crippen molar-refractivity contribution in [2.24, 2.45) is 0 Å². The maximum absolute atomic E-state index is 12.1. The predicted octanol–water partition coefficient (Wildman–Crippen LogP) is 4.73. The van der Waals surface area contributed by atoms with Crippen molar-refractivity contribution < 1.29 is 22.7 Å². The summed E-state index contributed by atoms with van der Waals surface area (Å²) < 4.78 is 35.7. The standard InChI is InChI=1S/C22H17Cl2N3O5S/c1-12-6-16(23)9-18(24)20(12)32-22-14(10-25)7-15(11-26-22)17-5-4-13(8-19(17)31-2)21(28)27-33(3,29)30/h4-9,11H,1-3H3,(H,27,28). The first-order valence-corrected chi connectivity index (χ1v) is 11.9. The molecule has 3 rings (SSSR count). The number of nitrogens with one attached hydrogen (secondary N) is 1. The molecule has 0 bridgehead atoms. The number of amides is 1. The number of sulfonamides is 1. The van der Waals surface area contributed by atoms with Crippen LogP contribution in [0.4, 0.5) is 0 Å². The van der Waals surface area contributed by atoms with Gasteiger partial charge >= 0.3 is 0 Å². The van der Waals surface area contributed by atoms with Crippen molar-refractivity contribution >= 4 is 39.1 Å². The predicted molar refractivity (Wildman–Crippen MR) is 125 cm³/mol. The first-order chi connectivity index (χ1) is 15.5. The van der Waals surface area contributed by atoms with E-state index >= 15 is 0 Å². The summed E-state index contributed by atoms with van der Waals surface area (Å²) in [5, 5.41) is 10.4. The van der Waals surface area contributed by atoms with Gasteiger partial charge < -0.3 is 9.47 Å². The Hall–Kier alpha value is -3.32. The van der Waals surface area contributed by atoms with Gasteiger partial charge in [0.1, 0.15) is 17.4 Å². The summed E-state index contributed by atoms with van der Waals surface area (Å²) in [5.41, 5.74) is 1.95. The Morgan fingerprint density at radius 1 is 1.18 bits per heavy atom. The Bertz CT molecular complexity index is 1380. The molecule has 1 N–H and O–H groups in total. The molecule has 0 saturated carbocycles. The molecular weight excluding hydrogens is 489 g/mol. The van der Waals surface area contributed by atoms with Crippen LogP contribution in [0.2, 0.25) is 10.0 Å². The summed E-state index contributed by atoms with van der Waals surface area (Å²) in [4.78, 5) is 16.4. The number of carbonyl (C=O) groups is 1. The highest BCUT2D eigenvalue weighted by molar-refractivity contribution is 7.89. The molecule has 0 fully saturated rings. The molecule has 1 amide bonds. The van der Waals surface area contributed by atoms with Crippen LogP contribution in [0.3, 0.4) is 0 Å². The number of rotatable bonds is 6. The van der Waals surface area contributed by atoms with E-state index < -0.39 is 15.9 Å². The van der Waals surface area contributed by atoms with Gasteiger partial charge in [0.25, 0.3) is 5.91 Å². The number of methoxy groups -OCH3 is 1. The second kappa shape index (κ2) is 9.67. The Kier molecular flexibility index (Phi) is 7.12. The van der Waals surface area contributed by atoms with Crippen molar-refractivity contribution in [3.8, 4) is 34.6 Å². The average Bonchev–Trinajstić information content (AvgIpc) is 2.74. The number of carbonyl (C=O) groups excluding carboxylic acids is 1. The van der Waals surface area contributed by atoms with E-state index in [1.54, 1.807) is 25.1 Å². The number of nitriles is 1. The summed E-state index contributed by atoms with van der Waals surface area (Å²) in [7, 11) is -2.32. The van der Waals surface area contributed by atoms with Crippen LogP contribution < -0.4 is 14.2 Å². The topological polar surface area (TPSA) is 118 Å². The van der Waals surface area contributed by atoms with E-state index in [9.17, 15) is 18.5 Å². The fraction of sp³-hybridized carbons (Fsp3) is 0.136. The second-order valence-corrected chi connectivity index (χ2v) is 9.53. The summed E-state index contributed by atoms with van der Waals surface area (Å²) in [6.45, 7) is 1.76. The van der Waals surface area contributed by atoms with Crippen LogP contribution in [0.5, 0.6) is 17.4 Å². The number of aryl methyl sites for hydroxylation is 1. The van der Waals surface area contributed by atoms with Gasteiger partial charge in [-0.15, -0.1) is 0 Å². The number of aromatic nitrogens is 1. The molecule has 11 heteroatoms. The lowest BCUT2D eigenvalue weighted by atomic mass is 10.0. The van der Waals surface area contributed by atoms with E-state index in [1.165, 1.54) is 31.5 Å². The normalized spacial score (nSPS) is 10.9. The Labute approximate surface area is 200 Å². The van der Waals surface area contributed by atoms with Crippen LogP contribution in [0.15, 0.2) is 42.6 Å². The third-order valence-corrected chi connectivity index (χ3v) is 5.47. The number of nitrogens with zero attached hydrogens (tertiary/aromatic N) is 2. The minimum Gasteiger partial charge on any atom is -0.496 e. The quantitative estimate of drug-likeness (QED) is 0.514. The molecule has 1 heterocycles. The highest BCUT2D eigenvalue weighted by Crippen LogP contribution is 2.37. The molecule has 3 aromatic rings. The molecule has 0 radical (unpaired) electrons. The lowest BCUT2D eigenvalue weighted by molar-refractivity contribution is 0.0981. The smallest absolute Gasteiger partial charge is 0.264 e. The number of pyridine rings is 1. The molecule has 33 heavy (non-hydrogen) atoms. The monoisotopic (exact) mass is 505 g/mol. The van der Waals surface area contributed by atoms with Crippen molar-refractivity contribution in [1.29, 1.82) is 5.26 Å². The van der Waals surface area contributed by atoms with Crippen LogP contribution >= 0.6 is 23.2 Å². The van der Waals surface area contributed by atoms with Gasteiger partial charge in [-0.05, 0) is 48.9 Å². The van der Waals surface area contributed by atoms with Crippen LogP contribution in [-0.2, 0) is 10.0 Å². The molecule has 0 aliphatic heterocycles. The van der Waals surface area contributed by atoms with Gasteiger partial charge in [0, 0.05) is 27.9 Å². The number of halogens is 2. The first kappa shape index (κ1) is 24.3. The van der Waals surface area contributed by atoms with E-state index in [0.29, 0.717) is 27.5 Å². The molecule has 8 nitrogen and oxygen atoms in total. The molecular formula is C22H17Cl2N3O5S. The third-order valence-electron chi connectivity index (χ3n) is 4.42. The van der Waals surface area contributed by atoms with Crippen molar-refractivity contribution in [2.45, 2.75) is 6.92 Å². The van der Waals surface area contributed by atoms with Crippen LogP contribution in [-0.4, -0.2) is 32.7 Å². The summed E-state index contributed by atoms with van der Waals surface area (Å²) in [5.74, 6) is -0.127. The summed E-state index contributed by atoms with van der Waals surface area (Å²) >= 11 is 12.2. The molecule has 170 valence electrons. The van der Waals surface area contributed by atoms with Crippen molar-refractivity contribution in [3.05, 3.63) is 69.3 Å². The third kappa shape index (κ3) is 5.73. The van der Waals surface area contributed by atoms with Gasteiger partial charge in [-0.25, -0.2) is 18.1 Å². The highest BCUT2D eigenvalue weighted by Gasteiger charge is 2.18. The molecule has 0 aliphatic carbocycles. The van der Waals surface area contributed by atoms with E-state index in [2.05, 4.69) is 4.98 Å². The Morgan fingerprint density at radius 2 is 1.91 bits per heavy atom. The van der Waals surface area contributed by atoms with E-state index in [0.717, 1.165) is 6.26 Å². The van der Waals surface area contributed by atoms with Crippen LogP contribution in [0.25, 0.3) is 11.1 Å². The first-order valence-electron chi connectivity index (χ1n) is 9.26. The zero-order valence-electron chi connectivity index (χ0n) is 17.6. The van der Waals surface area contributed by atoms with Gasteiger partial charge in [0.15, 0.2) is 5.75 Å². The molecule has 2 aromatic carbocycles. The molecule has 1 aromatic heterocycles. The Morgan fingerprint density at radius 3 is 2.52 bits per heavy atom. The van der Waals surface area contributed by atoms with Gasteiger partial charge in [-0.2, -0.15) is 5.26 Å². The number of benzene rings is 2. The number of hydrogen-bond donors (Lipinski definition) is 1. The SMILES string of the molecule is COc1cc(C(=O)NS(C)(=O)=O)ccc1-c1cnc(Oc2c(C)cc(Cl)cc2Cl)c(C#N)c1. The Balaban J connectivity index is 1.98. The van der Waals surface area contributed by atoms with E-state index in [4.69, 9.17) is 32.7 Å². The average molecular weight is 506 g/mol. The minimum absolute atomic E-state index is 0.0525. The van der Waals surface area contributed by atoms with Crippen LogP contribution in [0.1, 0.15) is 21.5 Å². The molecule has 0 saturated heterocycles. The van der Waals surface area contributed by atoms with E-state index in [1.807, 2.05) is 10.8 Å². The molecule has 0 unspecified atom stereocenters. The van der Waals surface area contributed by atoms with E-state index in [-0.39, 0.29) is 27.8 Å². The van der Waals surface area contributed by atoms with Gasteiger partial charge in [0.05, 0.1) is 18.4 Å². The maximum Gasteiger partial charge on any atom is 0.264 e. The zero-order chi connectivity index (χ0) is 24.3. The van der Waals surface area contributed by atoms with Crippen molar-refractivity contribution in [3.63, 3.8) is 0 Å². The summed E-state index contributed by atoms with van der Waals surface area (Å²) in [6, 6.07) is 11.2. The maximum atomic E-state index is 12.1. The highest BCUT2D eigenvalue weighted by atomic mass is 35.5. The van der Waals surface area contributed by atoms with Crippen LogP contribution in [0, 0.1) is 18.3 Å². The fourth-order valence-electron chi connectivity index (χ4n) is 2.97. The largest absolute Gasteiger partial charge is 0.496 e. The zero-order valence-corrected chi connectivity index (χ0v) is 20.0. The second-order valence-electron chi connectivity index (χ2n) is 6.94. The number of hydrogen-bond acceptors (Lipinski definition) is 7. The van der Waals surface area contributed by atoms with Gasteiger partial charge in [-0.3, -0.25) is 4.79 Å². The minimum atomic E-state index is -3.72. The number of ether oxygens (including phenoxy) is 2. The van der Waals surface area contributed by atoms with Crippen molar-refractivity contribution in [1.82, 2.24) is 9.71 Å². The summed E-state index contributed by atoms with van der Waals surface area (Å²) in [6.07, 6.45) is 2.36. The lowest BCUT2D eigenvalue weighted by Gasteiger charge is -2.14. The van der Waals surface area contributed by atoms with Gasteiger partial charge in [-0.1, -0.05) is 23.2 Å². The molecule has 0 spiro atoms. The molecule has 0 aliphatic rings. The fourth-order valence-corrected chi connectivity index (χ4v) is 4.06. The molecule has 0 atom stereocenters. The van der Waals surface area contributed by atoms with Crippen molar-refractivity contribution in [2.75, 3.05) is 13.4 Å². The lowest BCUT2D eigenvalue weighted by Crippen LogP contribution is -2.29.